The second kappa shape index (κ2) is 5.64. The third-order valence-electron chi connectivity index (χ3n) is 1.81. The van der Waals surface area contributed by atoms with Crippen molar-refractivity contribution in [1.82, 2.24) is 5.32 Å². The van der Waals surface area contributed by atoms with E-state index in [0.717, 1.165) is 6.92 Å². The molecule has 90 valence electrons. The first-order chi connectivity index (χ1) is 8.00. The first-order valence-corrected chi connectivity index (χ1v) is 4.76. The summed E-state index contributed by atoms with van der Waals surface area (Å²) in [7, 11) is 0. The topological polar surface area (TPSA) is 92.7 Å². The molecule has 0 unspecified atom stereocenters. The van der Waals surface area contributed by atoms with Gasteiger partial charge in [0.05, 0.1) is 0 Å². The van der Waals surface area contributed by atoms with E-state index in [4.69, 9.17) is 5.11 Å². The Morgan fingerprint density at radius 2 is 1.82 bits per heavy atom. The van der Waals surface area contributed by atoms with Crippen LogP contribution in [0.1, 0.15) is 17.3 Å². The number of nitrogens with one attached hydrogen (secondary N) is 1. The van der Waals surface area contributed by atoms with Gasteiger partial charge in [0.25, 0.3) is 12.1 Å². The molecular formula is C11H11NO5. The molecule has 0 saturated heterocycles. The van der Waals surface area contributed by atoms with Gasteiger partial charge in [0.15, 0.2) is 0 Å². The molecule has 0 radical (unpaired) electrons. The molecule has 6 heteroatoms. The fraction of sp³-hybridized carbons (Fsp3) is 0.182. The number of aliphatic carboxylic acids is 1. The maximum atomic E-state index is 11.6. The minimum absolute atomic E-state index is 0.283. The lowest BCUT2D eigenvalue weighted by Crippen LogP contribution is -2.43. The summed E-state index contributed by atoms with van der Waals surface area (Å²) in [5.74, 6) is -2.85. The van der Waals surface area contributed by atoms with Gasteiger partial charge in [0.1, 0.15) is 0 Å². The maximum absolute atomic E-state index is 11.6. The van der Waals surface area contributed by atoms with Crippen LogP contribution >= 0.6 is 0 Å². The highest BCUT2D eigenvalue weighted by Crippen LogP contribution is 1.99. The second-order valence-electron chi connectivity index (χ2n) is 3.17. The Hall–Kier alpha value is -2.37. The van der Waals surface area contributed by atoms with Crippen molar-refractivity contribution in [2.24, 2.45) is 0 Å². The summed E-state index contributed by atoms with van der Waals surface area (Å²) in [5, 5.41) is 10.8. The Bertz CT molecular complexity index is 429. The molecule has 1 aromatic rings. The molecule has 1 amide bonds. The number of amides is 1. The quantitative estimate of drug-likeness (QED) is 0.583. The van der Waals surface area contributed by atoms with Crippen LogP contribution in [0.4, 0.5) is 0 Å². The fourth-order valence-electron chi connectivity index (χ4n) is 1.10. The zero-order valence-electron chi connectivity index (χ0n) is 9.04. The summed E-state index contributed by atoms with van der Waals surface area (Å²) in [5.41, 5.74) is 0.283. The third-order valence-corrected chi connectivity index (χ3v) is 1.81. The van der Waals surface area contributed by atoms with E-state index in [1.54, 1.807) is 18.2 Å². The molecule has 0 aromatic heterocycles. The van der Waals surface area contributed by atoms with Crippen molar-refractivity contribution in [3.05, 3.63) is 35.9 Å². The van der Waals surface area contributed by atoms with Crippen molar-refractivity contribution in [3.63, 3.8) is 0 Å². The van der Waals surface area contributed by atoms with Gasteiger partial charge in [-0.15, -0.1) is 0 Å². The molecule has 0 spiro atoms. The van der Waals surface area contributed by atoms with E-state index in [9.17, 15) is 14.4 Å². The predicted molar refractivity (Wildman–Crippen MR) is 57.1 cm³/mol. The monoisotopic (exact) mass is 237 g/mol. The van der Waals surface area contributed by atoms with Crippen molar-refractivity contribution in [3.8, 4) is 0 Å². The smallest absolute Gasteiger partial charge is 0.366 e. The van der Waals surface area contributed by atoms with Crippen LogP contribution in [0.2, 0.25) is 0 Å². The van der Waals surface area contributed by atoms with Gasteiger partial charge in [0, 0.05) is 12.5 Å². The number of carbonyl (C=O) groups excluding carboxylic acids is 2. The molecule has 0 bridgehead atoms. The Labute approximate surface area is 97.2 Å². The Balaban J connectivity index is 2.71. The van der Waals surface area contributed by atoms with Crippen molar-refractivity contribution in [2.45, 2.75) is 13.2 Å². The summed E-state index contributed by atoms with van der Waals surface area (Å²) in [6.07, 6.45) is -1.68. The highest BCUT2D eigenvalue weighted by molar-refractivity contribution is 5.96. The number of carbonyl (C=O) groups is 3. The predicted octanol–water partition coefficient (Wildman–Crippen LogP) is 0.390. The normalized spacial score (nSPS) is 11.4. The standard InChI is InChI=1S/C11H11NO5/c1-7(13)17-10(11(15)16)12-9(14)8-5-3-2-4-6-8/h2-6,10H,1H3,(H,12,14)(H,15,16)/t10-/m0/s1. The van der Waals surface area contributed by atoms with Gasteiger partial charge in [-0.25, -0.2) is 4.79 Å². The summed E-state index contributed by atoms with van der Waals surface area (Å²) in [4.78, 5) is 32.9. The lowest BCUT2D eigenvalue weighted by atomic mass is 10.2. The Kier molecular flexibility index (Phi) is 4.21. The summed E-state index contributed by atoms with van der Waals surface area (Å²) in [6, 6.07) is 8.02. The van der Waals surface area contributed by atoms with Crippen molar-refractivity contribution in [2.75, 3.05) is 0 Å². The number of rotatable bonds is 4. The number of benzene rings is 1. The van der Waals surface area contributed by atoms with E-state index < -0.39 is 24.1 Å². The molecule has 17 heavy (non-hydrogen) atoms. The lowest BCUT2D eigenvalue weighted by Gasteiger charge is -2.13. The van der Waals surface area contributed by atoms with Gasteiger partial charge < -0.3 is 15.2 Å². The van der Waals surface area contributed by atoms with Crippen LogP contribution in [-0.4, -0.2) is 29.2 Å². The highest BCUT2D eigenvalue weighted by atomic mass is 16.6. The zero-order chi connectivity index (χ0) is 12.8. The van der Waals surface area contributed by atoms with E-state index in [-0.39, 0.29) is 5.56 Å². The van der Waals surface area contributed by atoms with Gasteiger partial charge >= 0.3 is 11.9 Å². The number of hydrogen-bond acceptors (Lipinski definition) is 4. The summed E-state index contributed by atoms with van der Waals surface area (Å²) in [6.45, 7) is 1.06. The average Bonchev–Trinajstić information content (AvgIpc) is 2.28. The SMILES string of the molecule is CC(=O)O[C@H](NC(=O)c1ccccc1)C(=O)O. The second-order valence-corrected chi connectivity index (χ2v) is 3.17. The summed E-state index contributed by atoms with van der Waals surface area (Å²) >= 11 is 0. The van der Waals surface area contributed by atoms with E-state index in [0.29, 0.717) is 0 Å². The Morgan fingerprint density at radius 1 is 1.24 bits per heavy atom. The lowest BCUT2D eigenvalue weighted by molar-refractivity contribution is -0.163. The highest BCUT2D eigenvalue weighted by Gasteiger charge is 2.23. The van der Waals surface area contributed by atoms with Crippen LogP contribution in [0.3, 0.4) is 0 Å². The van der Waals surface area contributed by atoms with Gasteiger partial charge in [-0.05, 0) is 12.1 Å². The van der Waals surface area contributed by atoms with Gasteiger partial charge in [-0.1, -0.05) is 18.2 Å². The molecule has 0 aliphatic rings. The van der Waals surface area contributed by atoms with E-state index in [1.807, 2.05) is 0 Å². The van der Waals surface area contributed by atoms with Crippen LogP contribution in [0.15, 0.2) is 30.3 Å². The maximum Gasteiger partial charge on any atom is 0.366 e. The van der Waals surface area contributed by atoms with E-state index in [1.165, 1.54) is 12.1 Å². The molecule has 6 nitrogen and oxygen atoms in total. The van der Waals surface area contributed by atoms with Crippen LogP contribution < -0.4 is 5.32 Å². The Morgan fingerprint density at radius 3 is 2.29 bits per heavy atom. The minimum atomic E-state index is -1.68. The van der Waals surface area contributed by atoms with Gasteiger partial charge in [-0.3, -0.25) is 9.59 Å². The molecule has 1 atom stereocenters. The van der Waals surface area contributed by atoms with Crippen LogP contribution in [0, 0.1) is 0 Å². The largest absolute Gasteiger partial charge is 0.477 e. The first-order valence-electron chi connectivity index (χ1n) is 4.76. The average molecular weight is 237 g/mol. The summed E-state index contributed by atoms with van der Waals surface area (Å²) < 4.78 is 4.43. The number of carboxylic acid groups (broad SMARTS) is 1. The molecule has 0 fully saturated rings. The van der Waals surface area contributed by atoms with Gasteiger partial charge in [-0.2, -0.15) is 0 Å². The van der Waals surface area contributed by atoms with Gasteiger partial charge in [0.2, 0.25) is 0 Å². The van der Waals surface area contributed by atoms with Crippen LogP contribution in [0.25, 0.3) is 0 Å². The molecule has 0 aliphatic carbocycles. The van der Waals surface area contributed by atoms with Crippen molar-refractivity contribution < 1.29 is 24.2 Å². The number of hydrogen-bond donors (Lipinski definition) is 2. The molecule has 0 saturated carbocycles. The molecule has 0 heterocycles. The van der Waals surface area contributed by atoms with Crippen molar-refractivity contribution >= 4 is 17.8 Å². The van der Waals surface area contributed by atoms with Crippen molar-refractivity contribution in [1.29, 1.82) is 0 Å². The number of carboxylic acids is 1. The molecule has 1 aromatic carbocycles. The minimum Gasteiger partial charge on any atom is -0.477 e. The van der Waals surface area contributed by atoms with E-state index >= 15 is 0 Å². The number of esters is 1. The van der Waals surface area contributed by atoms with E-state index in [2.05, 4.69) is 10.1 Å². The molecule has 2 N–H and O–H groups in total. The molecule has 1 rings (SSSR count). The fourth-order valence-corrected chi connectivity index (χ4v) is 1.10. The third kappa shape index (κ3) is 3.94. The van der Waals surface area contributed by atoms with Crippen LogP contribution in [0.5, 0.6) is 0 Å². The van der Waals surface area contributed by atoms with Crippen LogP contribution in [-0.2, 0) is 14.3 Å². The zero-order valence-corrected chi connectivity index (χ0v) is 9.04. The molecule has 0 aliphatic heterocycles. The molecular weight excluding hydrogens is 226 g/mol. The number of ether oxygens (including phenoxy) is 1. The first kappa shape index (κ1) is 12.7.